The van der Waals surface area contributed by atoms with Crippen molar-refractivity contribution in [1.29, 1.82) is 0 Å². The van der Waals surface area contributed by atoms with Crippen molar-refractivity contribution < 1.29 is 4.74 Å². The van der Waals surface area contributed by atoms with Gasteiger partial charge in [-0.25, -0.2) is 0 Å². The summed E-state index contributed by atoms with van der Waals surface area (Å²) in [5.41, 5.74) is 6.35. The maximum absolute atomic E-state index is 6.92. The highest BCUT2D eigenvalue weighted by molar-refractivity contribution is 6.16. The Morgan fingerprint density at radius 1 is 0.838 bits per heavy atom. The van der Waals surface area contributed by atoms with Gasteiger partial charge in [0.25, 0.3) is 0 Å². The monoisotopic (exact) mass is 485 g/mol. The first-order valence-corrected chi connectivity index (χ1v) is 14.0. The van der Waals surface area contributed by atoms with E-state index in [1.807, 2.05) is 6.20 Å². The number of ether oxygens (including phenoxy) is 1. The highest BCUT2D eigenvalue weighted by Crippen LogP contribution is 2.51. The molecule has 0 N–H and O–H groups in total. The summed E-state index contributed by atoms with van der Waals surface area (Å²) >= 11 is 0. The maximum atomic E-state index is 6.92. The van der Waals surface area contributed by atoms with E-state index >= 15 is 0 Å². The van der Waals surface area contributed by atoms with Gasteiger partial charge in [-0.2, -0.15) is 0 Å². The van der Waals surface area contributed by atoms with E-state index in [0.29, 0.717) is 5.92 Å². The van der Waals surface area contributed by atoms with E-state index in [0.717, 1.165) is 34.6 Å². The van der Waals surface area contributed by atoms with E-state index in [4.69, 9.17) is 9.72 Å². The molecule has 1 aliphatic carbocycles. The zero-order valence-corrected chi connectivity index (χ0v) is 22.4. The van der Waals surface area contributed by atoms with Gasteiger partial charge in [0.2, 0.25) is 0 Å². The second-order valence-corrected chi connectivity index (χ2v) is 12.6. The van der Waals surface area contributed by atoms with Crippen LogP contribution < -0.4 is 4.74 Å². The predicted molar refractivity (Wildman–Crippen MR) is 156 cm³/mol. The third-order valence-electron chi connectivity index (χ3n) is 8.45. The molecule has 0 radical (unpaired) electrons. The Kier molecular flexibility index (Phi) is 5.12. The van der Waals surface area contributed by atoms with Gasteiger partial charge >= 0.3 is 0 Å². The molecular formula is C35H35NO. The first kappa shape index (κ1) is 22.8. The number of nitrogens with zero attached hydrogens (tertiary/aromatic N) is 1. The number of benzene rings is 4. The van der Waals surface area contributed by atoms with Crippen LogP contribution in [0.5, 0.6) is 11.5 Å². The molecule has 7 rings (SSSR count). The quantitative estimate of drug-likeness (QED) is 0.228. The largest absolute Gasteiger partial charge is 0.456 e. The smallest absolute Gasteiger partial charge is 0.140 e. The van der Waals surface area contributed by atoms with Crippen LogP contribution in [-0.2, 0) is 6.42 Å². The first-order chi connectivity index (χ1) is 17.9. The molecule has 4 aromatic carbocycles. The minimum Gasteiger partial charge on any atom is -0.456 e. The van der Waals surface area contributed by atoms with Gasteiger partial charge in [-0.3, -0.25) is 4.98 Å². The van der Waals surface area contributed by atoms with Gasteiger partial charge in [-0.05, 0) is 88.2 Å². The Labute approximate surface area is 219 Å². The Morgan fingerprint density at radius 2 is 1.62 bits per heavy atom. The number of aromatic nitrogens is 1. The average molecular weight is 486 g/mol. The molecule has 1 fully saturated rings. The van der Waals surface area contributed by atoms with Gasteiger partial charge in [-0.15, -0.1) is 0 Å². The number of aryl methyl sites for hydroxylation is 1. The molecule has 0 spiro atoms. The third kappa shape index (κ3) is 3.81. The molecule has 37 heavy (non-hydrogen) atoms. The molecule has 1 aliphatic heterocycles. The predicted octanol–water partition coefficient (Wildman–Crippen LogP) is 10.3. The van der Waals surface area contributed by atoms with Crippen LogP contribution in [0.3, 0.4) is 0 Å². The molecule has 5 aromatic rings. The van der Waals surface area contributed by atoms with Crippen molar-refractivity contribution in [2.45, 2.75) is 72.1 Å². The van der Waals surface area contributed by atoms with Crippen LogP contribution in [0.25, 0.3) is 43.6 Å². The molecule has 0 unspecified atom stereocenters. The van der Waals surface area contributed by atoms with Crippen LogP contribution >= 0.6 is 0 Å². The van der Waals surface area contributed by atoms with E-state index in [1.165, 1.54) is 75.7 Å². The number of pyridine rings is 1. The van der Waals surface area contributed by atoms with Gasteiger partial charge in [0.1, 0.15) is 11.5 Å². The fraction of sp³-hybridized carbons (Fsp3) is 0.343. The molecule has 0 amide bonds. The van der Waals surface area contributed by atoms with Gasteiger partial charge in [-0.1, -0.05) is 82.0 Å². The van der Waals surface area contributed by atoms with E-state index in [2.05, 4.69) is 82.3 Å². The summed E-state index contributed by atoms with van der Waals surface area (Å²) in [5.74, 6) is 2.62. The van der Waals surface area contributed by atoms with Gasteiger partial charge in [0.05, 0.1) is 11.1 Å². The van der Waals surface area contributed by atoms with Crippen LogP contribution in [0.1, 0.15) is 75.5 Å². The van der Waals surface area contributed by atoms with Gasteiger partial charge in [0, 0.05) is 17.3 Å². The Balaban J connectivity index is 1.49. The summed E-state index contributed by atoms with van der Waals surface area (Å²) in [5, 5.41) is 7.50. The molecule has 0 atom stereocenters. The van der Waals surface area contributed by atoms with Crippen LogP contribution in [-0.4, -0.2) is 4.98 Å². The molecule has 186 valence electrons. The van der Waals surface area contributed by atoms with Crippen molar-refractivity contribution in [2.75, 3.05) is 0 Å². The molecule has 2 heteroatoms. The Morgan fingerprint density at radius 3 is 2.43 bits per heavy atom. The molecule has 0 saturated heterocycles. The van der Waals surface area contributed by atoms with Crippen molar-refractivity contribution >= 4 is 32.3 Å². The van der Waals surface area contributed by atoms with Crippen molar-refractivity contribution in [3.8, 4) is 22.8 Å². The Hall–Kier alpha value is -3.39. The summed E-state index contributed by atoms with van der Waals surface area (Å²) < 4.78 is 6.92. The number of rotatable bonds is 2. The molecule has 1 aromatic heterocycles. The lowest BCUT2D eigenvalue weighted by atomic mass is 9.82. The lowest BCUT2D eigenvalue weighted by Crippen LogP contribution is -2.12. The van der Waals surface area contributed by atoms with E-state index in [-0.39, 0.29) is 5.41 Å². The topological polar surface area (TPSA) is 22.1 Å². The second-order valence-electron chi connectivity index (χ2n) is 12.6. The fourth-order valence-corrected chi connectivity index (χ4v) is 6.76. The van der Waals surface area contributed by atoms with Crippen LogP contribution in [0.2, 0.25) is 0 Å². The van der Waals surface area contributed by atoms with Crippen molar-refractivity contribution in [3.05, 3.63) is 77.5 Å². The number of hydrogen-bond donors (Lipinski definition) is 0. The summed E-state index contributed by atoms with van der Waals surface area (Å²) in [6.45, 7) is 9.09. The maximum Gasteiger partial charge on any atom is 0.140 e. The van der Waals surface area contributed by atoms with Crippen LogP contribution in [0.15, 0.2) is 60.8 Å². The van der Waals surface area contributed by atoms with Crippen LogP contribution in [0.4, 0.5) is 0 Å². The van der Waals surface area contributed by atoms with Gasteiger partial charge in [0.15, 0.2) is 0 Å². The summed E-state index contributed by atoms with van der Waals surface area (Å²) in [7, 11) is 0. The van der Waals surface area contributed by atoms with E-state index < -0.39 is 0 Å². The first-order valence-electron chi connectivity index (χ1n) is 14.0. The standard InChI is InChI=1S/C35H35NO/c1-21-10-12-27-24(16-21)18-29-33-32-28(14-15-36-33)26-13-11-23(22-8-6-5-7-9-22)17-25(26)19-31(32)37-34(29)30(27)20-35(2,3)4/h10-19,22H,5-9,20H2,1-4H3. The Bertz CT molecular complexity index is 1700. The molecular weight excluding hydrogens is 450 g/mol. The van der Waals surface area contributed by atoms with Crippen molar-refractivity contribution in [3.63, 3.8) is 0 Å². The minimum atomic E-state index is 0.133. The number of fused-ring (bicyclic) bond motifs is 5. The van der Waals surface area contributed by atoms with E-state index in [1.54, 1.807) is 0 Å². The highest BCUT2D eigenvalue weighted by atomic mass is 16.5. The normalized spacial score (nSPS) is 15.8. The zero-order chi connectivity index (χ0) is 25.3. The lowest BCUT2D eigenvalue weighted by Gasteiger charge is -2.28. The molecule has 1 saturated carbocycles. The summed E-state index contributed by atoms with van der Waals surface area (Å²) in [6, 6.07) is 20.7. The zero-order valence-electron chi connectivity index (χ0n) is 22.4. The average Bonchev–Trinajstić information content (AvgIpc) is 2.88. The molecule has 0 bridgehead atoms. The summed E-state index contributed by atoms with van der Waals surface area (Å²) in [6.07, 6.45) is 9.64. The minimum absolute atomic E-state index is 0.133. The van der Waals surface area contributed by atoms with Crippen molar-refractivity contribution in [2.24, 2.45) is 5.41 Å². The molecule has 2 nitrogen and oxygen atoms in total. The molecule has 2 heterocycles. The second kappa shape index (κ2) is 8.31. The third-order valence-corrected chi connectivity index (χ3v) is 8.45. The highest BCUT2D eigenvalue weighted by Gasteiger charge is 2.28. The van der Waals surface area contributed by atoms with E-state index in [9.17, 15) is 0 Å². The number of hydrogen-bond acceptors (Lipinski definition) is 2. The summed E-state index contributed by atoms with van der Waals surface area (Å²) in [4.78, 5) is 4.96. The van der Waals surface area contributed by atoms with Gasteiger partial charge < -0.3 is 4.74 Å². The van der Waals surface area contributed by atoms with Crippen molar-refractivity contribution in [1.82, 2.24) is 4.98 Å². The lowest BCUT2D eigenvalue weighted by molar-refractivity contribution is 0.400. The molecule has 2 aliphatic rings. The van der Waals surface area contributed by atoms with Crippen LogP contribution in [0, 0.1) is 12.3 Å². The fourth-order valence-electron chi connectivity index (χ4n) is 6.76. The SMILES string of the molecule is Cc1ccc2c(CC(C)(C)C)c3c(cc2c1)-c1nccc2c1c(cc1cc(C4CCCCC4)ccc12)O3.